The average molecular weight is 538 g/mol. The molecule has 0 bridgehead atoms. The number of hydrogen-bond acceptors (Lipinski definition) is 8. The van der Waals surface area contributed by atoms with Gasteiger partial charge in [-0.2, -0.15) is 0 Å². The van der Waals surface area contributed by atoms with Gasteiger partial charge in [0.05, 0.1) is 18.8 Å². The molecule has 38 heavy (non-hydrogen) atoms. The van der Waals surface area contributed by atoms with E-state index in [9.17, 15) is 14.7 Å². The van der Waals surface area contributed by atoms with Crippen molar-refractivity contribution in [1.29, 1.82) is 0 Å². The van der Waals surface area contributed by atoms with Gasteiger partial charge in [-0.15, -0.1) is 0 Å². The molecule has 2 aromatic carbocycles. The first kappa shape index (κ1) is 27.7. The van der Waals surface area contributed by atoms with Crippen molar-refractivity contribution in [2.75, 3.05) is 11.1 Å². The van der Waals surface area contributed by atoms with E-state index in [0.717, 1.165) is 16.7 Å². The highest BCUT2D eigenvalue weighted by Gasteiger charge is 2.32. The lowest BCUT2D eigenvalue weighted by atomic mass is 10.0. The van der Waals surface area contributed by atoms with Crippen LogP contribution in [-0.2, 0) is 25.7 Å². The second kappa shape index (κ2) is 14.0. The molecule has 3 atom stereocenters. The molecule has 9 nitrogen and oxygen atoms in total. The zero-order valence-electron chi connectivity index (χ0n) is 20.9. The number of nitrogens with zero attached hydrogens (tertiary/aromatic N) is 2. The van der Waals surface area contributed by atoms with Crippen molar-refractivity contribution in [2.24, 2.45) is 0 Å². The van der Waals surface area contributed by atoms with Crippen LogP contribution in [0.15, 0.2) is 72.1 Å². The molecular weight excluding hydrogens is 506 g/mol. The van der Waals surface area contributed by atoms with Gasteiger partial charge in [-0.3, -0.25) is 9.59 Å². The second-order valence-electron chi connectivity index (χ2n) is 8.97. The number of anilines is 1. The van der Waals surface area contributed by atoms with Crippen molar-refractivity contribution in [2.45, 2.75) is 62.4 Å². The molecule has 4 rings (SSSR count). The third-order valence-corrected chi connectivity index (χ3v) is 7.05. The number of amides is 1. The van der Waals surface area contributed by atoms with Crippen LogP contribution in [0.2, 0.25) is 0 Å². The van der Waals surface area contributed by atoms with E-state index in [0.29, 0.717) is 35.9 Å². The number of carbonyl (C=O) groups is 2. The number of aliphatic hydroxyl groups excluding tert-OH is 1. The second-order valence-corrected chi connectivity index (χ2v) is 9.95. The molecule has 1 saturated heterocycles. The summed E-state index contributed by atoms with van der Waals surface area (Å²) in [4.78, 5) is 31.6. The fraction of sp³-hybridized carbons (Fsp3) is 0.357. The van der Waals surface area contributed by atoms with Crippen molar-refractivity contribution in [3.05, 3.63) is 83.7 Å². The van der Waals surface area contributed by atoms with Crippen LogP contribution in [0.5, 0.6) is 0 Å². The van der Waals surface area contributed by atoms with Crippen molar-refractivity contribution in [3.8, 4) is 0 Å². The first-order valence-electron chi connectivity index (χ1n) is 12.5. The van der Waals surface area contributed by atoms with Crippen LogP contribution in [0.1, 0.15) is 61.2 Å². The molecule has 1 aliphatic rings. The lowest BCUT2D eigenvalue weighted by Gasteiger charge is -2.36. The van der Waals surface area contributed by atoms with Gasteiger partial charge in [0.15, 0.2) is 11.4 Å². The van der Waals surface area contributed by atoms with Crippen LogP contribution >= 0.6 is 11.8 Å². The molecule has 2 heterocycles. The maximum absolute atomic E-state index is 12.4. The van der Waals surface area contributed by atoms with Gasteiger partial charge in [0.1, 0.15) is 0 Å². The van der Waals surface area contributed by atoms with E-state index in [1.54, 1.807) is 24.5 Å². The molecule has 3 N–H and O–H groups in total. The van der Waals surface area contributed by atoms with Crippen molar-refractivity contribution >= 4 is 29.3 Å². The minimum atomic E-state index is -0.860. The van der Waals surface area contributed by atoms with E-state index in [2.05, 4.69) is 15.3 Å². The SMILES string of the molecule is O=C(O)CCCCC(=O)Nc1cccc([C@H]2O[C@@H](CSc3ncccn3)C[C@@H](c3ccc(CO)cc3)O2)c1. The van der Waals surface area contributed by atoms with E-state index in [1.165, 1.54) is 11.8 Å². The molecule has 1 amide bonds. The molecule has 200 valence electrons. The van der Waals surface area contributed by atoms with E-state index in [4.69, 9.17) is 14.6 Å². The number of carboxylic acid groups (broad SMARTS) is 1. The van der Waals surface area contributed by atoms with Crippen molar-refractivity contribution < 1.29 is 29.3 Å². The quantitative estimate of drug-likeness (QED) is 0.168. The number of ether oxygens (including phenoxy) is 2. The van der Waals surface area contributed by atoms with E-state index in [1.807, 2.05) is 42.5 Å². The number of unbranched alkanes of at least 4 members (excludes halogenated alkanes) is 1. The fourth-order valence-corrected chi connectivity index (χ4v) is 4.92. The monoisotopic (exact) mass is 537 g/mol. The standard InChI is InChI=1S/C28H31N3O6S/c32-17-19-9-11-20(12-10-19)24-16-23(18-38-28-29-13-4-14-30-28)36-27(37-24)21-5-3-6-22(15-21)31-25(33)7-1-2-8-26(34)35/h3-6,9-15,23-24,27,32H,1-2,7-8,16-18H2,(H,31,33)(H,34,35)/t23-,24+,27+/m1/s1. The minimum Gasteiger partial charge on any atom is -0.481 e. The lowest BCUT2D eigenvalue weighted by molar-refractivity contribution is -0.245. The van der Waals surface area contributed by atoms with E-state index >= 15 is 0 Å². The summed E-state index contributed by atoms with van der Waals surface area (Å²) in [5.41, 5.74) is 3.22. The number of aliphatic hydroxyl groups is 1. The third-order valence-electron chi connectivity index (χ3n) is 6.04. The molecule has 3 aromatic rings. The molecule has 0 saturated carbocycles. The molecule has 1 fully saturated rings. The molecule has 0 unspecified atom stereocenters. The number of thioether (sulfide) groups is 1. The number of benzene rings is 2. The van der Waals surface area contributed by atoms with E-state index in [-0.39, 0.29) is 37.6 Å². The molecule has 0 radical (unpaired) electrons. The minimum absolute atomic E-state index is 0.0219. The number of carbonyl (C=O) groups excluding carboxylic acids is 1. The Morgan fingerprint density at radius 3 is 2.47 bits per heavy atom. The summed E-state index contributed by atoms with van der Waals surface area (Å²) in [6, 6.07) is 16.8. The van der Waals surface area contributed by atoms with Gasteiger partial charge in [0, 0.05) is 48.7 Å². The summed E-state index contributed by atoms with van der Waals surface area (Å²) in [7, 11) is 0. The topological polar surface area (TPSA) is 131 Å². The fourth-order valence-electron chi connectivity index (χ4n) is 4.10. The Hall–Kier alpha value is -3.31. The molecule has 1 aliphatic heterocycles. The molecule has 0 spiro atoms. The van der Waals surface area contributed by atoms with Gasteiger partial charge in [0.2, 0.25) is 5.91 Å². The number of aliphatic carboxylic acids is 1. The van der Waals surface area contributed by atoms with Crippen molar-refractivity contribution in [3.63, 3.8) is 0 Å². The highest BCUT2D eigenvalue weighted by atomic mass is 32.2. The highest BCUT2D eigenvalue weighted by Crippen LogP contribution is 2.39. The Labute approximate surface area is 225 Å². The number of nitrogens with one attached hydrogen (secondary N) is 1. The zero-order valence-corrected chi connectivity index (χ0v) is 21.7. The van der Waals surface area contributed by atoms with Crippen LogP contribution in [0.3, 0.4) is 0 Å². The Bertz CT molecular complexity index is 1190. The number of rotatable bonds is 12. The summed E-state index contributed by atoms with van der Waals surface area (Å²) in [5, 5.41) is 21.7. The maximum Gasteiger partial charge on any atom is 0.303 e. The van der Waals surface area contributed by atoms with Crippen LogP contribution in [0.4, 0.5) is 5.69 Å². The van der Waals surface area contributed by atoms with Crippen LogP contribution < -0.4 is 5.32 Å². The van der Waals surface area contributed by atoms with Crippen LogP contribution in [-0.4, -0.2) is 43.9 Å². The summed E-state index contributed by atoms with van der Waals surface area (Å²) >= 11 is 1.52. The smallest absolute Gasteiger partial charge is 0.303 e. The molecule has 10 heteroatoms. The molecule has 1 aromatic heterocycles. The van der Waals surface area contributed by atoms with Gasteiger partial charge in [-0.25, -0.2) is 9.97 Å². The Morgan fingerprint density at radius 1 is 0.974 bits per heavy atom. The Morgan fingerprint density at radius 2 is 1.74 bits per heavy atom. The van der Waals surface area contributed by atoms with Crippen LogP contribution in [0, 0.1) is 0 Å². The van der Waals surface area contributed by atoms with Gasteiger partial charge in [-0.05, 0) is 42.2 Å². The Kier molecular flexibility index (Phi) is 10.2. The molecular formula is C28H31N3O6S. The summed E-state index contributed by atoms with van der Waals surface area (Å²) < 4.78 is 12.7. The summed E-state index contributed by atoms with van der Waals surface area (Å²) in [6.07, 6.45) is 4.31. The van der Waals surface area contributed by atoms with Gasteiger partial charge in [-0.1, -0.05) is 48.2 Å². The Balaban J connectivity index is 1.45. The predicted molar refractivity (Wildman–Crippen MR) is 142 cm³/mol. The lowest BCUT2D eigenvalue weighted by Crippen LogP contribution is -2.31. The van der Waals surface area contributed by atoms with Crippen LogP contribution in [0.25, 0.3) is 0 Å². The van der Waals surface area contributed by atoms with Crippen molar-refractivity contribution in [1.82, 2.24) is 9.97 Å². The van der Waals surface area contributed by atoms with Gasteiger partial charge < -0.3 is 25.0 Å². The normalized spacial score (nSPS) is 19.1. The first-order chi connectivity index (χ1) is 18.5. The summed E-state index contributed by atoms with van der Waals surface area (Å²) in [5.74, 6) is -0.389. The van der Waals surface area contributed by atoms with E-state index < -0.39 is 12.3 Å². The maximum atomic E-state index is 12.4. The highest BCUT2D eigenvalue weighted by molar-refractivity contribution is 7.99. The number of hydrogen-bond donors (Lipinski definition) is 3. The average Bonchev–Trinajstić information content (AvgIpc) is 2.95. The van der Waals surface area contributed by atoms with Gasteiger partial charge in [0.25, 0.3) is 0 Å². The zero-order chi connectivity index (χ0) is 26.7. The molecule has 0 aliphatic carbocycles. The predicted octanol–water partition coefficient (Wildman–Crippen LogP) is 4.89. The number of carboxylic acids is 1. The number of aromatic nitrogens is 2. The third kappa shape index (κ3) is 8.35. The summed E-state index contributed by atoms with van der Waals surface area (Å²) in [6.45, 7) is -0.0219. The largest absolute Gasteiger partial charge is 0.481 e. The first-order valence-corrected chi connectivity index (χ1v) is 13.5. The van der Waals surface area contributed by atoms with Gasteiger partial charge >= 0.3 is 5.97 Å².